The van der Waals surface area contributed by atoms with Crippen molar-refractivity contribution in [2.45, 2.75) is 33.2 Å². The molecule has 1 unspecified atom stereocenters. The standard InChI is InChI=1S/C14H19N3/c1-11-6-5-8-14(4,10-15-11)12-7-9-13(2,3)17-16-12/h5-10,17H,1-4H3. The van der Waals surface area contributed by atoms with Gasteiger partial charge in [-0.1, -0.05) is 18.2 Å². The van der Waals surface area contributed by atoms with E-state index in [1.807, 2.05) is 25.3 Å². The first-order chi connectivity index (χ1) is 7.91. The van der Waals surface area contributed by atoms with E-state index in [0.29, 0.717) is 0 Å². The summed E-state index contributed by atoms with van der Waals surface area (Å²) in [4.78, 5) is 4.42. The summed E-state index contributed by atoms with van der Waals surface area (Å²) in [6.45, 7) is 8.29. The number of rotatable bonds is 1. The first-order valence-corrected chi connectivity index (χ1v) is 5.87. The van der Waals surface area contributed by atoms with Crippen molar-refractivity contribution >= 4 is 11.9 Å². The van der Waals surface area contributed by atoms with Gasteiger partial charge in [-0.25, -0.2) is 0 Å². The van der Waals surface area contributed by atoms with E-state index in [2.05, 4.69) is 54.5 Å². The first kappa shape index (κ1) is 11.8. The maximum absolute atomic E-state index is 4.46. The summed E-state index contributed by atoms with van der Waals surface area (Å²) in [5.41, 5.74) is 4.84. The minimum absolute atomic E-state index is 0.0698. The lowest BCUT2D eigenvalue weighted by Crippen LogP contribution is -2.40. The predicted octanol–water partition coefficient (Wildman–Crippen LogP) is 2.83. The Morgan fingerprint density at radius 1 is 1.18 bits per heavy atom. The molecule has 1 atom stereocenters. The Labute approximate surface area is 103 Å². The second kappa shape index (κ2) is 3.99. The highest BCUT2D eigenvalue weighted by atomic mass is 15.3. The van der Waals surface area contributed by atoms with Crippen molar-refractivity contribution in [2.75, 3.05) is 0 Å². The number of hydrogen-bond donors (Lipinski definition) is 1. The third-order valence-corrected chi connectivity index (χ3v) is 2.99. The molecule has 0 saturated heterocycles. The molecule has 0 aromatic carbocycles. The van der Waals surface area contributed by atoms with Gasteiger partial charge in [0.25, 0.3) is 0 Å². The molecule has 2 aliphatic heterocycles. The summed E-state index contributed by atoms with van der Waals surface area (Å²) in [5, 5.41) is 4.46. The number of nitrogens with one attached hydrogen (secondary N) is 1. The molecule has 0 spiro atoms. The second-order valence-electron chi connectivity index (χ2n) is 5.37. The Balaban J connectivity index is 2.28. The zero-order valence-electron chi connectivity index (χ0n) is 10.9. The molecule has 17 heavy (non-hydrogen) atoms. The summed E-state index contributed by atoms with van der Waals surface area (Å²) >= 11 is 0. The summed E-state index contributed by atoms with van der Waals surface area (Å²) in [5.74, 6) is 0. The monoisotopic (exact) mass is 229 g/mol. The summed E-state index contributed by atoms with van der Waals surface area (Å²) < 4.78 is 0. The number of aliphatic imine (C=N–C) groups is 1. The van der Waals surface area contributed by atoms with Crippen molar-refractivity contribution in [3.63, 3.8) is 0 Å². The fourth-order valence-electron chi connectivity index (χ4n) is 1.73. The molecular formula is C14H19N3. The highest BCUT2D eigenvalue weighted by molar-refractivity contribution is 6.11. The Kier molecular flexibility index (Phi) is 2.77. The molecule has 0 radical (unpaired) electrons. The van der Waals surface area contributed by atoms with Crippen LogP contribution in [-0.4, -0.2) is 17.5 Å². The molecule has 2 aliphatic rings. The van der Waals surface area contributed by atoms with Gasteiger partial charge in [0.05, 0.1) is 16.7 Å². The quantitative estimate of drug-likeness (QED) is 0.737. The SMILES string of the molecule is CC1=CC=CC(C)(C2=NNC(C)(C)C=C2)C=N1. The van der Waals surface area contributed by atoms with E-state index < -0.39 is 0 Å². The van der Waals surface area contributed by atoms with Crippen LogP contribution in [0.4, 0.5) is 0 Å². The number of nitrogens with zero attached hydrogens (tertiary/aromatic N) is 2. The Bertz CT molecular complexity index is 464. The van der Waals surface area contributed by atoms with Gasteiger partial charge in [-0.15, -0.1) is 0 Å². The molecule has 2 heterocycles. The lowest BCUT2D eigenvalue weighted by Gasteiger charge is -2.29. The number of allylic oxidation sites excluding steroid dienone is 5. The second-order valence-corrected chi connectivity index (χ2v) is 5.37. The molecule has 0 amide bonds. The van der Waals surface area contributed by atoms with Gasteiger partial charge in [0, 0.05) is 11.9 Å². The van der Waals surface area contributed by atoms with Crippen LogP contribution >= 0.6 is 0 Å². The lowest BCUT2D eigenvalue weighted by molar-refractivity contribution is 0.485. The van der Waals surface area contributed by atoms with Crippen molar-refractivity contribution in [3.05, 3.63) is 36.1 Å². The topological polar surface area (TPSA) is 36.8 Å². The Morgan fingerprint density at radius 2 is 1.94 bits per heavy atom. The smallest absolute Gasteiger partial charge is 0.0751 e. The van der Waals surface area contributed by atoms with E-state index in [1.165, 1.54) is 0 Å². The van der Waals surface area contributed by atoms with Gasteiger partial charge in [0.2, 0.25) is 0 Å². The third-order valence-electron chi connectivity index (χ3n) is 2.99. The van der Waals surface area contributed by atoms with E-state index in [9.17, 15) is 0 Å². The molecule has 3 heteroatoms. The van der Waals surface area contributed by atoms with Gasteiger partial charge < -0.3 is 5.43 Å². The molecule has 0 aromatic rings. The van der Waals surface area contributed by atoms with Crippen LogP contribution in [0.5, 0.6) is 0 Å². The molecule has 0 fully saturated rings. The zero-order chi connectivity index (χ0) is 12.5. The van der Waals surface area contributed by atoms with Gasteiger partial charge in [0.1, 0.15) is 0 Å². The van der Waals surface area contributed by atoms with Crippen LogP contribution in [0.3, 0.4) is 0 Å². The van der Waals surface area contributed by atoms with Crippen LogP contribution in [-0.2, 0) is 0 Å². The summed E-state index contributed by atoms with van der Waals surface area (Å²) in [7, 11) is 0. The fourth-order valence-corrected chi connectivity index (χ4v) is 1.73. The van der Waals surface area contributed by atoms with Crippen molar-refractivity contribution in [3.8, 4) is 0 Å². The molecule has 0 aromatic heterocycles. The van der Waals surface area contributed by atoms with Gasteiger partial charge >= 0.3 is 0 Å². The van der Waals surface area contributed by atoms with Crippen LogP contribution in [0.2, 0.25) is 0 Å². The van der Waals surface area contributed by atoms with Crippen LogP contribution in [0.15, 0.2) is 46.2 Å². The minimum atomic E-state index is -0.242. The number of hydrazone groups is 1. The van der Waals surface area contributed by atoms with Crippen molar-refractivity contribution in [1.82, 2.24) is 5.43 Å². The predicted molar refractivity (Wildman–Crippen MR) is 73.3 cm³/mol. The largest absolute Gasteiger partial charge is 0.300 e. The van der Waals surface area contributed by atoms with E-state index >= 15 is 0 Å². The lowest BCUT2D eigenvalue weighted by atomic mass is 9.84. The molecule has 90 valence electrons. The minimum Gasteiger partial charge on any atom is -0.300 e. The summed E-state index contributed by atoms with van der Waals surface area (Å²) in [6.07, 6.45) is 12.3. The Hall–Kier alpha value is -1.64. The molecular weight excluding hydrogens is 210 g/mol. The molecule has 3 nitrogen and oxygen atoms in total. The first-order valence-electron chi connectivity index (χ1n) is 5.87. The fraction of sp³-hybridized carbons (Fsp3) is 0.429. The average Bonchev–Trinajstić information content (AvgIpc) is 2.42. The maximum atomic E-state index is 4.46. The number of hydrogen-bond acceptors (Lipinski definition) is 3. The molecule has 2 rings (SSSR count). The van der Waals surface area contributed by atoms with Gasteiger partial charge in [-0.05, 0) is 39.8 Å². The van der Waals surface area contributed by atoms with Gasteiger partial charge in [0.15, 0.2) is 0 Å². The van der Waals surface area contributed by atoms with Crippen LogP contribution in [0.25, 0.3) is 0 Å². The van der Waals surface area contributed by atoms with E-state index in [1.54, 1.807) is 0 Å². The van der Waals surface area contributed by atoms with Crippen LogP contribution in [0, 0.1) is 5.41 Å². The maximum Gasteiger partial charge on any atom is 0.0751 e. The highest BCUT2D eigenvalue weighted by Gasteiger charge is 2.28. The van der Waals surface area contributed by atoms with Gasteiger partial charge in [-0.2, -0.15) is 5.10 Å². The third kappa shape index (κ3) is 2.54. The van der Waals surface area contributed by atoms with Crippen LogP contribution < -0.4 is 5.43 Å². The van der Waals surface area contributed by atoms with Crippen LogP contribution in [0.1, 0.15) is 27.7 Å². The molecule has 1 N–H and O–H groups in total. The average molecular weight is 229 g/mol. The normalized spacial score (nSPS) is 30.4. The highest BCUT2D eigenvalue weighted by Crippen LogP contribution is 2.25. The van der Waals surface area contributed by atoms with Crippen molar-refractivity contribution in [2.24, 2.45) is 15.5 Å². The van der Waals surface area contributed by atoms with Crippen molar-refractivity contribution in [1.29, 1.82) is 0 Å². The molecule has 0 aliphatic carbocycles. The zero-order valence-corrected chi connectivity index (χ0v) is 10.9. The summed E-state index contributed by atoms with van der Waals surface area (Å²) in [6, 6.07) is 0. The molecule has 0 bridgehead atoms. The van der Waals surface area contributed by atoms with Gasteiger partial charge in [-0.3, -0.25) is 4.99 Å². The Morgan fingerprint density at radius 3 is 2.59 bits per heavy atom. The molecule has 0 saturated carbocycles. The van der Waals surface area contributed by atoms with E-state index in [-0.39, 0.29) is 11.0 Å². The van der Waals surface area contributed by atoms with E-state index in [4.69, 9.17) is 0 Å². The van der Waals surface area contributed by atoms with Crippen molar-refractivity contribution < 1.29 is 0 Å². The van der Waals surface area contributed by atoms with E-state index in [0.717, 1.165) is 11.4 Å².